The molecule has 0 amide bonds. The fourth-order valence-corrected chi connectivity index (χ4v) is 0.983. The molecular weight excluding hydrogens is 195 g/mol. The molecule has 1 aliphatic heterocycles. The predicted octanol–water partition coefficient (Wildman–Crippen LogP) is -0.642. The topological polar surface area (TPSA) is 24.4 Å². The Labute approximate surface area is 55.8 Å². The summed E-state index contributed by atoms with van der Waals surface area (Å²) in [5.74, 6) is 0. The van der Waals surface area contributed by atoms with Gasteiger partial charge in [0.25, 0.3) is 0 Å². The molecule has 1 heterocycles. The Kier molecular flexibility index (Phi) is 1.73. The molecule has 1 atom stereocenters. The van der Waals surface area contributed by atoms with Crippen LogP contribution in [-0.4, -0.2) is 32.9 Å². The van der Waals surface area contributed by atoms with Gasteiger partial charge in [0.2, 0.25) is 0 Å². The van der Waals surface area contributed by atoms with Crippen molar-refractivity contribution >= 4 is 28.7 Å². The molecule has 0 aromatic rings. The maximum absolute atomic E-state index is 4.06. The van der Waals surface area contributed by atoms with Crippen molar-refractivity contribution in [3.63, 3.8) is 0 Å². The van der Waals surface area contributed by atoms with Crippen LogP contribution in [0.5, 0.6) is 0 Å². The van der Waals surface area contributed by atoms with Gasteiger partial charge < -0.3 is 0 Å². The average molecular weight is 201 g/mol. The molecule has 0 aliphatic carbocycles. The molecule has 1 rings (SSSR count). The molecule has 1 unspecified atom stereocenters. The van der Waals surface area contributed by atoms with Crippen molar-refractivity contribution in [2.45, 2.75) is 4.18 Å². The summed E-state index contributed by atoms with van der Waals surface area (Å²) in [4.78, 5) is 4.06. The molecule has 0 saturated heterocycles. The number of nitrogens with zero attached hydrogens (tertiary/aromatic N) is 1. The van der Waals surface area contributed by atoms with Gasteiger partial charge in [-0.15, -0.1) is 0 Å². The van der Waals surface area contributed by atoms with E-state index in [0.717, 1.165) is 22.5 Å². The minimum absolute atomic E-state index is 0.399. The van der Waals surface area contributed by atoms with Crippen molar-refractivity contribution in [1.82, 2.24) is 5.32 Å². The first kappa shape index (κ1) is 5.15. The van der Waals surface area contributed by atoms with Gasteiger partial charge in [-0.2, -0.15) is 0 Å². The summed E-state index contributed by atoms with van der Waals surface area (Å²) < 4.78 is 0.399. The molecule has 0 bridgehead atoms. The van der Waals surface area contributed by atoms with E-state index in [9.17, 15) is 0 Å². The molecule has 1 N–H and O–H groups in total. The summed E-state index contributed by atoms with van der Waals surface area (Å²) in [5.41, 5.74) is 0. The molecule has 1 aliphatic rings. The Morgan fingerprint density at radius 1 is 1.71 bits per heavy atom. The summed E-state index contributed by atoms with van der Waals surface area (Å²) in [6.45, 7) is 0. The molecule has 2 radical (unpaired) electrons. The summed E-state index contributed by atoms with van der Waals surface area (Å²) in [5, 5.41) is 3.06. The zero-order valence-electron chi connectivity index (χ0n) is 3.83. The number of hydrogen-bond donors (Lipinski definition) is 1. The van der Waals surface area contributed by atoms with Crippen LogP contribution in [-0.2, 0) is 0 Å². The van der Waals surface area contributed by atoms with Gasteiger partial charge in [0.05, 0.1) is 0 Å². The Balaban J connectivity index is 2.49. The standard InChI is InChI=1S/C4H5N2.Sn.H/c1-2-5-4-6-3-1;;/h1-5H;;. The van der Waals surface area contributed by atoms with E-state index >= 15 is 0 Å². The summed E-state index contributed by atoms with van der Waals surface area (Å²) in [7, 11) is 0. The average Bonchev–Trinajstić information content (AvgIpc) is 1.69. The predicted molar refractivity (Wildman–Crippen MR) is 31.7 cm³/mol. The quantitative estimate of drug-likeness (QED) is 0.517. The number of nitrogens with one attached hydrogen (secondary N) is 1. The van der Waals surface area contributed by atoms with Gasteiger partial charge in [0, 0.05) is 0 Å². The molecule has 3 heteroatoms. The van der Waals surface area contributed by atoms with Gasteiger partial charge in [0.15, 0.2) is 0 Å². The van der Waals surface area contributed by atoms with E-state index in [1.54, 1.807) is 0 Å². The zero-order chi connectivity index (χ0) is 5.11. The second kappa shape index (κ2) is 2.35. The molecule has 36 valence electrons. The fourth-order valence-electron chi connectivity index (χ4n) is 0.383. The van der Waals surface area contributed by atoms with Crippen LogP contribution in [0.15, 0.2) is 17.3 Å². The molecule has 0 saturated carbocycles. The first-order chi connectivity index (χ1) is 3.39. The monoisotopic (exact) mass is 202 g/mol. The van der Waals surface area contributed by atoms with E-state index in [1.165, 1.54) is 0 Å². The van der Waals surface area contributed by atoms with E-state index in [-0.39, 0.29) is 0 Å². The third-order valence-corrected chi connectivity index (χ3v) is 1.74. The molecule has 0 aromatic carbocycles. The number of hydrogen-bond acceptors (Lipinski definition) is 2. The van der Waals surface area contributed by atoms with Gasteiger partial charge >= 0.3 is 55.5 Å². The number of rotatable bonds is 0. The van der Waals surface area contributed by atoms with Gasteiger partial charge in [-0.05, 0) is 0 Å². The molecule has 7 heavy (non-hydrogen) atoms. The van der Waals surface area contributed by atoms with E-state index < -0.39 is 0 Å². The third kappa shape index (κ3) is 1.51. The van der Waals surface area contributed by atoms with Crippen LogP contribution in [0, 0.1) is 0 Å². The van der Waals surface area contributed by atoms with Crippen LogP contribution in [0.2, 0.25) is 0 Å². The van der Waals surface area contributed by atoms with Crippen molar-refractivity contribution < 1.29 is 0 Å². The molecule has 0 spiro atoms. The summed E-state index contributed by atoms with van der Waals surface area (Å²) >= 11 is 1.15. The molecule has 0 fully saturated rings. The first-order valence-corrected chi connectivity index (χ1v) is 4.00. The van der Waals surface area contributed by atoms with Crippen molar-refractivity contribution in [2.75, 3.05) is 0 Å². The van der Waals surface area contributed by atoms with Crippen LogP contribution < -0.4 is 5.32 Å². The van der Waals surface area contributed by atoms with Crippen LogP contribution in [0.1, 0.15) is 0 Å². The Morgan fingerprint density at radius 2 is 2.57 bits per heavy atom. The minimum atomic E-state index is 0.399. The van der Waals surface area contributed by atoms with E-state index in [2.05, 4.69) is 10.3 Å². The molecule has 2 nitrogen and oxygen atoms in total. The Morgan fingerprint density at radius 3 is 2.86 bits per heavy atom. The van der Waals surface area contributed by atoms with Crippen LogP contribution in [0.25, 0.3) is 0 Å². The van der Waals surface area contributed by atoms with Gasteiger partial charge in [0.1, 0.15) is 0 Å². The van der Waals surface area contributed by atoms with E-state index in [4.69, 9.17) is 0 Å². The fraction of sp³-hybridized carbons (Fsp3) is 0.250. The second-order valence-corrected chi connectivity index (χ2v) is 3.07. The zero-order valence-corrected chi connectivity index (χ0v) is 7.13. The summed E-state index contributed by atoms with van der Waals surface area (Å²) in [6, 6.07) is 0. The number of aliphatic imine (C=N–C) groups is 1. The normalized spacial score (nSPS) is 27.3. The Bertz CT molecular complexity index is 108. The van der Waals surface area contributed by atoms with E-state index in [1.807, 2.05) is 18.5 Å². The molecule has 0 aromatic heterocycles. The van der Waals surface area contributed by atoms with Crippen molar-refractivity contribution in [2.24, 2.45) is 4.99 Å². The molecular formula is C4H6N2Sn. The third-order valence-electron chi connectivity index (χ3n) is 0.696. The second-order valence-electron chi connectivity index (χ2n) is 1.27. The Hall–Kier alpha value is 0.00870. The van der Waals surface area contributed by atoms with Crippen LogP contribution >= 0.6 is 0 Å². The van der Waals surface area contributed by atoms with Crippen LogP contribution in [0.3, 0.4) is 0 Å². The SMILES string of the molecule is [SnH][CH]1N=CC=CN1. The maximum atomic E-state index is 4.06. The first-order valence-electron chi connectivity index (χ1n) is 2.09. The van der Waals surface area contributed by atoms with Gasteiger partial charge in [-0.1, -0.05) is 0 Å². The van der Waals surface area contributed by atoms with Crippen molar-refractivity contribution in [3.8, 4) is 0 Å². The van der Waals surface area contributed by atoms with Crippen molar-refractivity contribution in [3.05, 3.63) is 12.3 Å². The number of allylic oxidation sites excluding steroid dienone is 1. The van der Waals surface area contributed by atoms with Crippen LogP contribution in [0.4, 0.5) is 0 Å². The van der Waals surface area contributed by atoms with Crippen molar-refractivity contribution in [1.29, 1.82) is 0 Å². The summed E-state index contributed by atoms with van der Waals surface area (Å²) in [6.07, 6.45) is 5.64. The van der Waals surface area contributed by atoms with E-state index in [0.29, 0.717) is 4.18 Å². The van der Waals surface area contributed by atoms with Gasteiger partial charge in [-0.25, -0.2) is 0 Å². The van der Waals surface area contributed by atoms with Gasteiger partial charge in [-0.3, -0.25) is 0 Å².